The predicted octanol–water partition coefficient (Wildman–Crippen LogP) is 6.05. The lowest BCUT2D eigenvalue weighted by Crippen LogP contribution is -2.36. The molecule has 1 amide bonds. The molecule has 0 fully saturated rings. The van der Waals surface area contributed by atoms with E-state index < -0.39 is 29.5 Å². The summed E-state index contributed by atoms with van der Waals surface area (Å²) in [4.78, 5) is 12.5. The molecule has 0 saturated heterocycles. The molecule has 0 aliphatic heterocycles. The van der Waals surface area contributed by atoms with E-state index in [0.29, 0.717) is 11.1 Å². The topological polar surface area (TPSA) is 97.9 Å². The van der Waals surface area contributed by atoms with Gasteiger partial charge in [-0.2, -0.15) is 23.7 Å². The van der Waals surface area contributed by atoms with Crippen LogP contribution in [0.15, 0.2) is 59.8 Å². The van der Waals surface area contributed by atoms with E-state index >= 15 is 0 Å². The monoisotopic (exact) mass is 456 g/mol. The normalized spacial score (nSPS) is 13.1. The zero-order valence-corrected chi connectivity index (χ0v) is 18.5. The summed E-state index contributed by atoms with van der Waals surface area (Å²) < 4.78 is 44.4. The van der Waals surface area contributed by atoms with E-state index in [1.54, 1.807) is 32.9 Å². The summed E-state index contributed by atoms with van der Waals surface area (Å²) in [6.45, 7) is 6.58. The summed E-state index contributed by atoms with van der Waals surface area (Å²) in [5.41, 5.74) is -0.329. The summed E-state index contributed by atoms with van der Waals surface area (Å²) in [5.74, 6) is 0. The van der Waals surface area contributed by atoms with Crippen molar-refractivity contribution in [1.29, 1.82) is 10.5 Å². The molecule has 2 aromatic carbocycles. The molecule has 6 nitrogen and oxygen atoms in total. The number of nitrogens with one attached hydrogen (secondary N) is 2. The molecule has 0 bridgehead atoms. The summed E-state index contributed by atoms with van der Waals surface area (Å²) >= 11 is 0. The fourth-order valence-corrected chi connectivity index (χ4v) is 2.92. The summed E-state index contributed by atoms with van der Waals surface area (Å²) in [7, 11) is 0. The molecule has 172 valence electrons. The number of benzene rings is 2. The summed E-state index contributed by atoms with van der Waals surface area (Å²) in [6.07, 6.45) is -5.30. The Morgan fingerprint density at radius 2 is 1.70 bits per heavy atom. The number of rotatable bonds is 5. The van der Waals surface area contributed by atoms with Crippen molar-refractivity contribution in [2.24, 2.45) is 0 Å². The van der Waals surface area contributed by atoms with Crippen molar-refractivity contribution in [3.63, 3.8) is 0 Å². The van der Waals surface area contributed by atoms with Crippen LogP contribution in [-0.2, 0) is 10.9 Å². The Labute approximate surface area is 190 Å². The molecule has 2 N–H and O–H groups in total. The smallest absolute Gasteiger partial charge is 0.416 e. The molecule has 0 heterocycles. The first-order valence-corrected chi connectivity index (χ1v) is 9.89. The molecule has 0 aliphatic carbocycles. The maximum absolute atomic E-state index is 13.0. The van der Waals surface area contributed by atoms with Crippen molar-refractivity contribution in [3.05, 3.63) is 76.5 Å². The highest BCUT2D eigenvalue weighted by Crippen LogP contribution is 2.32. The number of alkyl halides is 3. The summed E-state index contributed by atoms with van der Waals surface area (Å²) in [6, 6.07) is 13.8. The first kappa shape index (κ1) is 25.3. The number of ether oxygens (including phenoxy) is 1. The van der Waals surface area contributed by atoms with Crippen LogP contribution in [0.2, 0.25) is 0 Å². The average molecular weight is 456 g/mol. The first-order chi connectivity index (χ1) is 15.3. The average Bonchev–Trinajstić information content (AvgIpc) is 2.72. The number of halogens is 3. The molecular weight excluding hydrogens is 433 g/mol. The SMILES string of the molecule is C/C(Nc1cccc(C(F)(F)F)c1)=C(\C#N)[C@H](NC(=O)OC(C)(C)C)c1ccc(C#N)cc1. The van der Waals surface area contributed by atoms with E-state index in [0.717, 1.165) is 12.1 Å². The Bertz CT molecular complexity index is 1120. The highest BCUT2D eigenvalue weighted by Gasteiger charge is 2.30. The number of alkyl carbamates (subject to hydrolysis) is 1. The van der Waals surface area contributed by atoms with Gasteiger partial charge in [0.15, 0.2) is 0 Å². The van der Waals surface area contributed by atoms with E-state index in [-0.39, 0.29) is 17.0 Å². The van der Waals surface area contributed by atoms with Gasteiger partial charge >= 0.3 is 12.3 Å². The van der Waals surface area contributed by atoms with Gasteiger partial charge in [-0.25, -0.2) is 4.79 Å². The molecule has 1 atom stereocenters. The van der Waals surface area contributed by atoms with Gasteiger partial charge in [0.25, 0.3) is 0 Å². The molecule has 0 spiro atoms. The fourth-order valence-electron chi connectivity index (χ4n) is 2.92. The largest absolute Gasteiger partial charge is 0.444 e. The Morgan fingerprint density at radius 3 is 2.21 bits per heavy atom. The number of carbonyl (C=O) groups excluding carboxylic acids is 1. The van der Waals surface area contributed by atoms with Crippen LogP contribution in [0.5, 0.6) is 0 Å². The van der Waals surface area contributed by atoms with Gasteiger partial charge < -0.3 is 15.4 Å². The van der Waals surface area contributed by atoms with Gasteiger partial charge in [-0.3, -0.25) is 0 Å². The maximum atomic E-state index is 13.0. The zero-order valence-electron chi connectivity index (χ0n) is 18.5. The van der Waals surface area contributed by atoms with Crippen LogP contribution >= 0.6 is 0 Å². The van der Waals surface area contributed by atoms with E-state index in [9.17, 15) is 23.2 Å². The van der Waals surface area contributed by atoms with Gasteiger partial charge in [-0.05, 0) is 63.6 Å². The number of amides is 1. The van der Waals surface area contributed by atoms with Crippen LogP contribution in [0.3, 0.4) is 0 Å². The molecule has 0 aromatic heterocycles. The minimum Gasteiger partial charge on any atom is -0.444 e. The lowest BCUT2D eigenvalue weighted by Gasteiger charge is -2.25. The van der Waals surface area contributed by atoms with Crippen molar-refractivity contribution < 1.29 is 22.7 Å². The van der Waals surface area contributed by atoms with Gasteiger partial charge in [-0.15, -0.1) is 0 Å². The lowest BCUT2D eigenvalue weighted by atomic mass is 9.97. The Hall–Kier alpha value is -3.98. The van der Waals surface area contributed by atoms with Gasteiger partial charge in [0.2, 0.25) is 0 Å². The van der Waals surface area contributed by atoms with Crippen LogP contribution in [0, 0.1) is 22.7 Å². The molecule has 2 rings (SSSR count). The molecule has 9 heteroatoms. The lowest BCUT2D eigenvalue weighted by molar-refractivity contribution is -0.137. The minimum absolute atomic E-state index is 0.0583. The van der Waals surface area contributed by atoms with Crippen LogP contribution < -0.4 is 10.6 Å². The standard InChI is InChI=1S/C24H23F3N4O2/c1-15(30-19-7-5-6-18(12-19)24(25,26)27)20(14-29)21(31-22(32)33-23(2,3)4)17-10-8-16(13-28)9-11-17/h5-12,21,30H,1-4H3,(H,31,32)/b20-15-/t21-/m1/s1. The first-order valence-electron chi connectivity index (χ1n) is 9.89. The third-order valence-electron chi connectivity index (χ3n) is 4.37. The van der Waals surface area contributed by atoms with Gasteiger partial charge in [-0.1, -0.05) is 18.2 Å². The third kappa shape index (κ3) is 7.29. The molecule has 33 heavy (non-hydrogen) atoms. The highest BCUT2D eigenvalue weighted by atomic mass is 19.4. The molecule has 0 aliphatic rings. The van der Waals surface area contributed by atoms with E-state index in [4.69, 9.17) is 10.00 Å². The molecular formula is C24H23F3N4O2. The molecule has 0 radical (unpaired) electrons. The summed E-state index contributed by atoms with van der Waals surface area (Å²) in [5, 5.41) is 24.3. The van der Waals surface area contributed by atoms with Crippen molar-refractivity contribution >= 4 is 11.8 Å². The maximum Gasteiger partial charge on any atom is 0.416 e. The second-order valence-corrected chi connectivity index (χ2v) is 8.17. The van der Waals surface area contributed by atoms with Gasteiger partial charge in [0, 0.05) is 11.4 Å². The second kappa shape index (κ2) is 10.1. The van der Waals surface area contributed by atoms with Crippen LogP contribution in [0.25, 0.3) is 0 Å². The highest BCUT2D eigenvalue weighted by molar-refractivity contribution is 5.70. The van der Waals surface area contributed by atoms with Gasteiger partial charge in [0.1, 0.15) is 5.60 Å². The second-order valence-electron chi connectivity index (χ2n) is 8.17. The van der Waals surface area contributed by atoms with Crippen LogP contribution in [0.1, 0.15) is 50.4 Å². The number of carbonyl (C=O) groups is 1. The fraction of sp³-hybridized carbons (Fsp3) is 0.292. The zero-order chi connectivity index (χ0) is 24.8. The van der Waals surface area contributed by atoms with Crippen molar-refractivity contribution in [2.75, 3.05) is 5.32 Å². The number of nitriles is 2. The predicted molar refractivity (Wildman–Crippen MR) is 117 cm³/mol. The quantitative estimate of drug-likeness (QED) is 0.534. The van der Waals surface area contributed by atoms with Crippen LogP contribution in [-0.4, -0.2) is 11.7 Å². The van der Waals surface area contributed by atoms with Crippen molar-refractivity contribution in [2.45, 2.75) is 45.5 Å². The Morgan fingerprint density at radius 1 is 1.06 bits per heavy atom. The van der Waals surface area contributed by atoms with E-state index in [1.165, 1.54) is 31.2 Å². The van der Waals surface area contributed by atoms with E-state index in [2.05, 4.69) is 10.6 Å². The minimum atomic E-state index is -4.52. The molecule has 0 unspecified atom stereocenters. The number of hydrogen-bond acceptors (Lipinski definition) is 5. The third-order valence-corrected chi connectivity index (χ3v) is 4.37. The molecule has 0 saturated carbocycles. The Balaban J connectivity index is 2.47. The van der Waals surface area contributed by atoms with E-state index in [1.807, 2.05) is 12.1 Å². The number of nitrogens with zero attached hydrogens (tertiary/aromatic N) is 2. The molecule has 2 aromatic rings. The number of anilines is 1. The Kier molecular flexibility index (Phi) is 7.73. The van der Waals surface area contributed by atoms with Crippen LogP contribution in [0.4, 0.5) is 23.7 Å². The number of hydrogen-bond donors (Lipinski definition) is 2. The van der Waals surface area contributed by atoms with Crippen molar-refractivity contribution in [3.8, 4) is 12.1 Å². The van der Waals surface area contributed by atoms with Crippen molar-refractivity contribution in [1.82, 2.24) is 5.32 Å². The number of allylic oxidation sites excluding steroid dienone is 1. The van der Waals surface area contributed by atoms with Gasteiger partial charge in [0.05, 0.1) is 34.9 Å².